The largest absolute Gasteiger partial charge is 0.442 e. The van der Waals surface area contributed by atoms with Crippen LogP contribution in [-0.2, 0) is 0 Å². The molecule has 0 bridgehead atoms. The number of rotatable bonds is 3. The molecule has 0 amide bonds. The third-order valence-electron chi connectivity index (χ3n) is 3.15. The summed E-state index contributed by atoms with van der Waals surface area (Å²) in [4.78, 5) is 30.7. The molecule has 0 saturated carbocycles. The van der Waals surface area contributed by atoms with Gasteiger partial charge in [0.15, 0.2) is 0 Å². The highest BCUT2D eigenvalue weighted by Crippen LogP contribution is 2.40. The quantitative estimate of drug-likeness (QED) is 0.533. The van der Waals surface area contributed by atoms with Gasteiger partial charge in [0.2, 0.25) is 11.2 Å². The fraction of sp³-hybridized carbons (Fsp3) is 0. The highest BCUT2D eigenvalue weighted by atomic mass is 16.6. The maximum Gasteiger partial charge on any atom is 0.319 e. The number of nitrogens with zero attached hydrogens (tertiary/aromatic N) is 3. The van der Waals surface area contributed by atoms with E-state index in [0.717, 1.165) is 12.1 Å². The Bertz CT molecular complexity index is 976. The Kier molecular flexibility index (Phi) is 2.73. The number of fused-ring (bicyclic) bond motifs is 3. The number of nitro groups is 3. The molecule has 0 aliphatic heterocycles. The average molecular weight is 303 g/mol. The molecule has 3 rings (SSSR count). The fourth-order valence-electron chi connectivity index (χ4n) is 2.24. The summed E-state index contributed by atoms with van der Waals surface area (Å²) >= 11 is 0. The van der Waals surface area contributed by atoms with E-state index in [4.69, 9.17) is 4.42 Å². The van der Waals surface area contributed by atoms with Crippen LogP contribution in [0.2, 0.25) is 0 Å². The molecule has 0 atom stereocenters. The van der Waals surface area contributed by atoms with E-state index in [-0.39, 0.29) is 27.6 Å². The van der Waals surface area contributed by atoms with E-state index in [0.29, 0.717) is 0 Å². The SMILES string of the molecule is O=[N+]([O-])c1cc([N+](=O)[O-])c2oc3c([N+](=O)[O-])cccc3c2c1. The lowest BCUT2D eigenvalue weighted by atomic mass is 10.1. The minimum atomic E-state index is -0.830. The van der Waals surface area contributed by atoms with Gasteiger partial charge in [-0.2, -0.15) is 0 Å². The third-order valence-corrected chi connectivity index (χ3v) is 3.15. The summed E-state index contributed by atoms with van der Waals surface area (Å²) in [5.41, 5.74) is -1.88. The molecule has 0 fully saturated rings. The van der Waals surface area contributed by atoms with Crippen molar-refractivity contribution in [2.24, 2.45) is 0 Å². The highest BCUT2D eigenvalue weighted by molar-refractivity contribution is 6.11. The van der Waals surface area contributed by atoms with E-state index in [2.05, 4.69) is 0 Å². The van der Waals surface area contributed by atoms with Crippen molar-refractivity contribution in [3.8, 4) is 0 Å². The Morgan fingerprint density at radius 3 is 2.00 bits per heavy atom. The number of hydrogen-bond donors (Lipinski definition) is 0. The predicted molar refractivity (Wildman–Crippen MR) is 73.7 cm³/mol. The van der Waals surface area contributed by atoms with Gasteiger partial charge in [0.25, 0.3) is 5.69 Å². The molecular weight excluding hydrogens is 298 g/mol. The Balaban J connectivity index is 2.53. The zero-order valence-electron chi connectivity index (χ0n) is 10.6. The van der Waals surface area contributed by atoms with Crippen molar-refractivity contribution >= 4 is 39.0 Å². The van der Waals surface area contributed by atoms with Gasteiger partial charge in [-0.1, -0.05) is 6.07 Å². The maximum absolute atomic E-state index is 11.1. The molecule has 22 heavy (non-hydrogen) atoms. The number of nitro benzene ring substituents is 3. The van der Waals surface area contributed by atoms with E-state index in [9.17, 15) is 30.3 Å². The molecule has 0 aliphatic carbocycles. The minimum absolute atomic E-state index is 0.0830. The second kappa shape index (κ2) is 4.48. The summed E-state index contributed by atoms with van der Waals surface area (Å²) in [7, 11) is 0. The van der Waals surface area contributed by atoms with Crippen LogP contribution in [0.15, 0.2) is 34.7 Å². The topological polar surface area (TPSA) is 143 Å². The normalized spacial score (nSPS) is 10.9. The first-order valence-electron chi connectivity index (χ1n) is 5.82. The van der Waals surface area contributed by atoms with E-state index in [1.165, 1.54) is 18.2 Å². The van der Waals surface area contributed by atoms with Crippen molar-refractivity contribution < 1.29 is 19.2 Å². The van der Waals surface area contributed by atoms with Gasteiger partial charge in [-0.3, -0.25) is 30.3 Å². The van der Waals surface area contributed by atoms with Crippen molar-refractivity contribution in [2.75, 3.05) is 0 Å². The first-order valence-corrected chi connectivity index (χ1v) is 5.82. The predicted octanol–water partition coefficient (Wildman–Crippen LogP) is 3.31. The zero-order valence-corrected chi connectivity index (χ0v) is 10.6. The second-order valence-electron chi connectivity index (χ2n) is 4.37. The van der Waals surface area contributed by atoms with Crippen molar-refractivity contribution in [1.82, 2.24) is 0 Å². The van der Waals surface area contributed by atoms with Crippen LogP contribution in [0, 0.1) is 30.3 Å². The molecule has 0 unspecified atom stereocenters. The van der Waals surface area contributed by atoms with Gasteiger partial charge in [-0.15, -0.1) is 0 Å². The lowest BCUT2D eigenvalue weighted by Crippen LogP contribution is -1.92. The third kappa shape index (κ3) is 1.82. The van der Waals surface area contributed by atoms with Gasteiger partial charge < -0.3 is 4.42 Å². The van der Waals surface area contributed by atoms with Crippen LogP contribution < -0.4 is 0 Å². The van der Waals surface area contributed by atoms with E-state index in [1.807, 2.05) is 0 Å². The Hall–Kier alpha value is -3.56. The molecule has 3 aromatic rings. The lowest BCUT2D eigenvalue weighted by molar-refractivity contribution is -0.393. The van der Waals surface area contributed by atoms with Crippen LogP contribution in [0.5, 0.6) is 0 Å². The first kappa shape index (κ1) is 13.4. The van der Waals surface area contributed by atoms with Crippen LogP contribution in [0.25, 0.3) is 21.9 Å². The van der Waals surface area contributed by atoms with Gasteiger partial charge in [0.1, 0.15) is 0 Å². The molecule has 0 spiro atoms. The number of hydrogen-bond acceptors (Lipinski definition) is 7. The van der Waals surface area contributed by atoms with E-state index >= 15 is 0 Å². The zero-order chi connectivity index (χ0) is 16.0. The van der Waals surface area contributed by atoms with Crippen LogP contribution >= 0.6 is 0 Å². The van der Waals surface area contributed by atoms with E-state index in [1.54, 1.807) is 0 Å². The van der Waals surface area contributed by atoms with Gasteiger partial charge in [-0.25, -0.2) is 0 Å². The Morgan fingerprint density at radius 2 is 1.41 bits per heavy atom. The Morgan fingerprint density at radius 1 is 0.773 bits per heavy atom. The molecule has 1 heterocycles. The number of furan rings is 1. The molecule has 1 aromatic heterocycles. The molecule has 10 heteroatoms. The molecule has 2 aromatic carbocycles. The maximum atomic E-state index is 11.1. The monoisotopic (exact) mass is 303 g/mol. The molecule has 0 N–H and O–H groups in total. The molecule has 110 valence electrons. The van der Waals surface area contributed by atoms with Crippen LogP contribution in [0.1, 0.15) is 0 Å². The lowest BCUT2D eigenvalue weighted by Gasteiger charge is -1.94. The van der Waals surface area contributed by atoms with Crippen LogP contribution in [0.4, 0.5) is 17.1 Å². The van der Waals surface area contributed by atoms with Crippen LogP contribution in [0.3, 0.4) is 0 Å². The van der Waals surface area contributed by atoms with Crippen LogP contribution in [-0.4, -0.2) is 14.8 Å². The average Bonchev–Trinajstić information content (AvgIpc) is 2.83. The molecule has 0 saturated heterocycles. The minimum Gasteiger partial charge on any atom is -0.442 e. The molecule has 0 radical (unpaired) electrons. The number of para-hydroxylation sites is 1. The number of benzene rings is 2. The van der Waals surface area contributed by atoms with Gasteiger partial charge in [0, 0.05) is 22.9 Å². The first-order chi connectivity index (χ1) is 10.4. The summed E-state index contributed by atoms with van der Waals surface area (Å²) in [5, 5.41) is 33.2. The fourth-order valence-corrected chi connectivity index (χ4v) is 2.24. The molecule has 10 nitrogen and oxygen atoms in total. The van der Waals surface area contributed by atoms with Crippen molar-refractivity contribution in [1.29, 1.82) is 0 Å². The Labute approximate surface area is 120 Å². The highest BCUT2D eigenvalue weighted by Gasteiger charge is 2.27. The summed E-state index contributed by atoms with van der Waals surface area (Å²) < 4.78 is 5.27. The molecular formula is C12H5N3O7. The smallest absolute Gasteiger partial charge is 0.319 e. The van der Waals surface area contributed by atoms with Crippen molar-refractivity contribution in [2.45, 2.75) is 0 Å². The standard InChI is InChI=1S/C12H5N3O7/c16-13(17)6-4-8-7-2-1-3-9(14(18)19)11(7)22-12(8)10(5-6)15(20)21/h1-5H. The van der Waals surface area contributed by atoms with E-state index < -0.39 is 26.1 Å². The summed E-state index contributed by atoms with van der Waals surface area (Å²) in [6.45, 7) is 0. The second-order valence-corrected chi connectivity index (χ2v) is 4.37. The summed E-state index contributed by atoms with van der Waals surface area (Å²) in [5.74, 6) is 0. The van der Waals surface area contributed by atoms with Crippen molar-refractivity contribution in [3.63, 3.8) is 0 Å². The summed E-state index contributed by atoms with van der Waals surface area (Å²) in [6.07, 6.45) is 0. The van der Waals surface area contributed by atoms with Crippen molar-refractivity contribution in [3.05, 3.63) is 60.7 Å². The van der Waals surface area contributed by atoms with Gasteiger partial charge in [-0.05, 0) is 6.07 Å². The number of non-ortho nitro benzene ring substituents is 3. The molecule has 0 aliphatic rings. The van der Waals surface area contributed by atoms with Gasteiger partial charge >= 0.3 is 11.4 Å². The summed E-state index contributed by atoms with van der Waals surface area (Å²) in [6, 6.07) is 5.86. The van der Waals surface area contributed by atoms with Gasteiger partial charge in [0.05, 0.1) is 20.8 Å².